The minimum atomic E-state index is 0.811. The molecule has 1 heteroatoms. The predicted octanol–water partition coefficient (Wildman–Crippen LogP) is 3.92. The number of fused-ring (bicyclic) bond motifs is 1. The highest BCUT2D eigenvalue weighted by molar-refractivity contribution is 5.83. The fourth-order valence-electron chi connectivity index (χ4n) is 1.91. The maximum atomic E-state index is 10.5. The van der Waals surface area contributed by atoms with Crippen molar-refractivity contribution >= 4 is 17.1 Å². The molecule has 0 aliphatic rings. The van der Waals surface area contributed by atoms with Gasteiger partial charge in [-0.25, -0.2) is 0 Å². The predicted molar refractivity (Wildman–Crippen MR) is 72.1 cm³/mol. The Hall–Kier alpha value is -1.89. The van der Waals surface area contributed by atoms with Crippen LogP contribution in [-0.2, 0) is 11.2 Å². The summed E-state index contributed by atoms with van der Waals surface area (Å²) in [5, 5.41) is 2.55. The Labute approximate surface area is 102 Å². The van der Waals surface area contributed by atoms with Gasteiger partial charge in [0.1, 0.15) is 6.29 Å². The molecule has 0 heterocycles. The Balaban J connectivity index is 2.12. The van der Waals surface area contributed by atoms with Crippen molar-refractivity contribution in [1.82, 2.24) is 0 Å². The molecule has 0 aliphatic heterocycles. The zero-order valence-corrected chi connectivity index (χ0v) is 10.0. The minimum absolute atomic E-state index is 0.811. The lowest BCUT2D eigenvalue weighted by atomic mass is 10.0. The van der Waals surface area contributed by atoms with Crippen molar-refractivity contribution in [2.24, 2.45) is 0 Å². The summed E-state index contributed by atoms with van der Waals surface area (Å²) >= 11 is 0. The van der Waals surface area contributed by atoms with Crippen LogP contribution in [0.2, 0.25) is 0 Å². The Morgan fingerprint density at radius 1 is 1.12 bits per heavy atom. The van der Waals surface area contributed by atoms with E-state index in [1.807, 2.05) is 13.0 Å². The van der Waals surface area contributed by atoms with E-state index in [9.17, 15) is 4.79 Å². The van der Waals surface area contributed by atoms with Crippen LogP contribution < -0.4 is 0 Å². The van der Waals surface area contributed by atoms with Crippen LogP contribution in [0.4, 0.5) is 0 Å². The van der Waals surface area contributed by atoms with E-state index < -0.39 is 0 Å². The van der Waals surface area contributed by atoms with Crippen LogP contribution in [0.15, 0.2) is 54.1 Å². The Bertz CT molecular complexity index is 552. The van der Waals surface area contributed by atoms with Crippen molar-refractivity contribution in [2.45, 2.75) is 19.8 Å². The fourth-order valence-corrected chi connectivity index (χ4v) is 1.91. The van der Waals surface area contributed by atoms with E-state index >= 15 is 0 Å². The van der Waals surface area contributed by atoms with Crippen molar-refractivity contribution in [3.8, 4) is 0 Å². The molecular weight excluding hydrogens is 208 g/mol. The lowest BCUT2D eigenvalue weighted by Crippen LogP contribution is -1.85. The third-order valence-electron chi connectivity index (χ3n) is 2.90. The molecule has 2 aromatic carbocycles. The summed E-state index contributed by atoms with van der Waals surface area (Å²) in [4.78, 5) is 10.5. The minimum Gasteiger partial charge on any atom is -0.298 e. The highest BCUT2D eigenvalue weighted by Gasteiger charge is 1.95. The number of allylic oxidation sites excluding steroid dienone is 2. The van der Waals surface area contributed by atoms with Crippen LogP contribution in [0, 0.1) is 0 Å². The van der Waals surface area contributed by atoms with E-state index in [4.69, 9.17) is 0 Å². The molecule has 0 N–H and O–H groups in total. The third-order valence-corrected chi connectivity index (χ3v) is 2.90. The van der Waals surface area contributed by atoms with Gasteiger partial charge in [0.25, 0.3) is 0 Å². The molecule has 0 saturated carbocycles. The molecular formula is C16H16O. The van der Waals surface area contributed by atoms with Gasteiger partial charge >= 0.3 is 0 Å². The molecule has 0 saturated heterocycles. The summed E-state index contributed by atoms with van der Waals surface area (Å²) < 4.78 is 0. The number of hydrogen-bond donors (Lipinski definition) is 0. The second kappa shape index (κ2) is 5.44. The van der Waals surface area contributed by atoms with Gasteiger partial charge in [-0.05, 0) is 41.7 Å². The quantitative estimate of drug-likeness (QED) is 0.568. The smallest absolute Gasteiger partial charge is 0.145 e. The van der Waals surface area contributed by atoms with Gasteiger partial charge in [-0.3, -0.25) is 4.79 Å². The normalized spacial score (nSPS) is 11.7. The lowest BCUT2D eigenvalue weighted by Gasteiger charge is -2.02. The van der Waals surface area contributed by atoms with E-state index in [1.165, 1.54) is 16.3 Å². The number of rotatable bonds is 4. The lowest BCUT2D eigenvalue weighted by molar-refractivity contribution is -0.104. The van der Waals surface area contributed by atoms with E-state index in [0.717, 1.165) is 24.7 Å². The van der Waals surface area contributed by atoms with Crippen LogP contribution >= 0.6 is 0 Å². The molecule has 0 amide bonds. The molecule has 17 heavy (non-hydrogen) atoms. The first-order valence-corrected chi connectivity index (χ1v) is 5.89. The Morgan fingerprint density at radius 3 is 2.65 bits per heavy atom. The van der Waals surface area contributed by atoms with Gasteiger partial charge in [0.15, 0.2) is 0 Å². The van der Waals surface area contributed by atoms with Gasteiger partial charge < -0.3 is 0 Å². The molecule has 1 nitrogen and oxygen atoms in total. The van der Waals surface area contributed by atoms with Crippen LogP contribution in [0.25, 0.3) is 10.8 Å². The summed E-state index contributed by atoms with van der Waals surface area (Å²) in [6, 6.07) is 14.9. The zero-order chi connectivity index (χ0) is 12.1. The second-order valence-corrected chi connectivity index (χ2v) is 4.29. The third kappa shape index (κ3) is 3.04. The van der Waals surface area contributed by atoms with Gasteiger partial charge in [-0.2, -0.15) is 0 Å². The number of hydrogen-bond acceptors (Lipinski definition) is 1. The van der Waals surface area contributed by atoms with Crippen LogP contribution in [-0.4, -0.2) is 6.29 Å². The highest BCUT2D eigenvalue weighted by atomic mass is 16.1. The summed E-state index contributed by atoms with van der Waals surface area (Å²) in [5.41, 5.74) is 2.13. The number of benzene rings is 2. The molecule has 86 valence electrons. The molecule has 2 aromatic rings. The fraction of sp³-hybridized carbons (Fsp3) is 0.188. The number of carbonyl (C=O) groups excluding carboxylic acids is 1. The van der Waals surface area contributed by atoms with Gasteiger partial charge in [0.2, 0.25) is 0 Å². The number of aldehydes is 1. The van der Waals surface area contributed by atoms with Crippen molar-refractivity contribution in [1.29, 1.82) is 0 Å². The average molecular weight is 224 g/mol. The monoisotopic (exact) mass is 224 g/mol. The molecule has 0 radical (unpaired) electrons. The van der Waals surface area contributed by atoms with E-state index in [2.05, 4.69) is 42.5 Å². The average Bonchev–Trinajstić information content (AvgIpc) is 2.38. The van der Waals surface area contributed by atoms with E-state index in [0.29, 0.717) is 0 Å². The molecule has 0 aliphatic carbocycles. The Kier molecular flexibility index (Phi) is 3.71. The zero-order valence-electron chi connectivity index (χ0n) is 10.0. The summed E-state index contributed by atoms with van der Waals surface area (Å²) in [6.45, 7) is 1.84. The van der Waals surface area contributed by atoms with Gasteiger partial charge in [-0.1, -0.05) is 48.5 Å². The molecule has 2 rings (SSSR count). The van der Waals surface area contributed by atoms with Crippen LogP contribution in [0.3, 0.4) is 0 Å². The molecule has 0 atom stereocenters. The standard InChI is InChI=1S/C16H16O/c1-13(12-17)5-4-6-14-9-10-15-7-2-3-8-16(15)11-14/h2-3,5,7-12H,4,6H2,1H3/b13-5+. The maximum Gasteiger partial charge on any atom is 0.145 e. The van der Waals surface area contributed by atoms with Gasteiger partial charge in [0, 0.05) is 0 Å². The maximum absolute atomic E-state index is 10.5. The summed E-state index contributed by atoms with van der Waals surface area (Å²) in [5.74, 6) is 0. The molecule has 0 fully saturated rings. The van der Waals surface area contributed by atoms with Crippen LogP contribution in [0.5, 0.6) is 0 Å². The first-order valence-electron chi connectivity index (χ1n) is 5.89. The van der Waals surface area contributed by atoms with E-state index in [1.54, 1.807) is 0 Å². The number of aryl methyl sites for hydroxylation is 1. The molecule has 0 unspecified atom stereocenters. The van der Waals surface area contributed by atoms with Crippen molar-refractivity contribution < 1.29 is 4.79 Å². The van der Waals surface area contributed by atoms with Crippen LogP contribution in [0.1, 0.15) is 18.9 Å². The highest BCUT2D eigenvalue weighted by Crippen LogP contribution is 2.16. The number of carbonyl (C=O) groups is 1. The SMILES string of the molecule is C/C(C=O)=C\CCc1ccc2ccccc2c1. The van der Waals surface area contributed by atoms with E-state index in [-0.39, 0.29) is 0 Å². The van der Waals surface area contributed by atoms with Gasteiger partial charge in [0.05, 0.1) is 0 Å². The first kappa shape index (κ1) is 11.6. The van der Waals surface area contributed by atoms with Crippen molar-refractivity contribution in [2.75, 3.05) is 0 Å². The largest absolute Gasteiger partial charge is 0.298 e. The summed E-state index contributed by atoms with van der Waals surface area (Å²) in [7, 11) is 0. The molecule has 0 aromatic heterocycles. The summed E-state index contributed by atoms with van der Waals surface area (Å²) in [6.07, 6.45) is 4.79. The van der Waals surface area contributed by atoms with Gasteiger partial charge in [-0.15, -0.1) is 0 Å². The second-order valence-electron chi connectivity index (χ2n) is 4.29. The molecule has 0 bridgehead atoms. The molecule has 0 spiro atoms. The topological polar surface area (TPSA) is 17.1 Å². The first-order chi connectivity index (χ1) is 8.29. The van der Waals surface area contributed by atoms with Crippen molar-refractivity contribution in [3.63, 3.8) is 0 Å². The Morgan fingerprint density at radius 2 is 1.88 bits per heavy atom. The van der Waals surface area contributed by atoms with Crippen molar-refractivity contribution in [3.05, 3.63) is 59.7 Å².